The Kier molecular flexibility index (Phi) is 5.01. The predicted molar refractivity (Wildman–Crippen MR) is 90.6 cm³/mol. The van der Waals surface area contributed by atoms with Gasteiger partial charge in [-0.15, -0.1) is 0 Å². The van der Waals surface area contributed by atoms with Gasteiger partial charge in [0.15, 0.2) is 0 Å². The van der Waals surface area contributed by atoms with Crippen molar-refractivity contribution < 1.29 is 9.53 Å². The third-order valence-corrected chi connectivity index (χ3v) is 4.60. The molecule has 1 fully saturated rings. The summed E-state index contributed by atoms with van der Waals surface area (Å²) in [7, 11) is 1.92. The number of hydrogen-bond acceptors (Lipinski definition) is 5. The first-order chi connectivity index (χ1) is 11.6. The van der Waals surface area contributed by atoms with Crippen LogP contribution in [-0.4, -0.2) is 33.7 Å². The van der Waals surface area contributed by atoms with Crippen LogP contribution in [0.25, 0.3) is 0 Å². The zero-order valence-corrected chi connectivity index (χ0v) is 14.2. The number of amides is 1. The minimum Gasteiger partial charge on any atom is -0.382 e. The quantitative estimate of drug-likeness (QED) is 0.879. The van der Waals surface area contributed by atoms with E-state index in [0.29, 0.717) is 18.8 Å². The lowest BCUT2D eigenvalue weighted by Gasteiger charge is -2.30. The number of hydrogen-bond donors (Lipinski definition) is 2. The lowest BCUT2D eigenvalue weighted by atomic mass is 9.91. The zero-order valence-electron chi connectivity index (χ0n) is 13.4. The largest absolute Gasteiger partial charge is 0.382 e. The Morgan fingerprint density at radius 3 is 2.83 bits per heavy atom. The number of nitrogens with zero attached hydrogens (tertiary/aromatic N) is 3. The molecule has 3 rings (SSSR count). The van der Waals surface area contributed by atoms with Crippen molar-refractivity contribution >= 4 is 23.3 Å². The summed E-state index contributed by atoms with van der Waals surface area (Å²) in [5.74, 6) is 1.05. The summed E-state index contributed by atoms with van der Waals surface area (Å²) in [4.78, 5) is 21.0. The molecule has 7 nitrogen and oxygen atoms in total. The molecule has 0 radical (unpaired) electrons. The molecular formula is C16H20ClN5O2. The van der Waals surface area contributed by atoms with Gasteiger partial charge in [-0.25, -0.2) is 9.97 Å². The molecule has 1 unspecified atom stereocenters. The number of nitrogens with two attached hydrogens (primary N) is 1. The molecule has 1 atom stereocenters. The number of nitrogens with one attached hydrogen (secondary N) is 1. The number of imidazole rings is 1. The van der Waals surface area contributed by atoms with Crippen molar-refractivity contribution in [2.45, 2.75) is 18.9 Å². The minimum atomic E-state index is -0.246. The lowest BCUT2D eigenvalue weighted by molar-refractivity contribution is 0.0499. The monoisotopic (exact) mass is 349 g/mol. The Morgan fingerprint density at radius 2 is 2.21 bits per heavy atom. The fourth-order valence-corrected chi connectivity index (χ4v) is 3.08. The van der Waals surface area contributed by atoms with Crippen LogP contribution in [0, 0.1) is 5.92 Å². The number of ether oxygens (including phenoxy) is 1. The molecule has 3 N–H and O–H groups in total. The molecule has 3 heterocycles. The Hall–Kier alpha value is -2.12. The Balaban J connectivity index is 1.84. The summed E-state index contributed by atoms with van der Waals surface area (Å²) in [5, 5.41) is 3.34. The van der Waals surface area contributed by atoms with E-state index in [-0.39, 0.29) is 28.7 Å². The van der Waals surface area contributed by atoms with E-state index in [9.17, 15) is 4.79 Å². The molecule has 2 aromatic rings. The maximum absolute atomic E-state index is 12.6. The maximum Gasteiger partial charge on any atom is 0.253 e. The Morgan fingerprint density at radius 1 is 1.46 bits per heavy atom. The fraction of sp³-hybridized carbons (Fsp3) is 0.438. The molecule has 0 aromatic carbocycles. The van der Waals surface area contributed by atoms with E-state index < -0.39 is 0 Å². The fourth-order valence-electron chi connectivity index (χ4n) is 2.92. The van der Waals surface area contributed by atoms with Crippen LogP contribution in [0.2, 0.25) is 5.02 Å². The van der Waals surface area contributed by atoms with Gasteiger partial charge in [0, 0.05) is 38.9 Å². The topological polar surface area (TPSA) is 95.1 Å². The molecule has 1 saturated heterocycles. The van der Waals surface area contributed by atoms with Gasteiger partial charge >= 0.3 is 0 Å². The first-order valence-electron chi connectivity index (χ1n) is 7.83. The highest BCUT2D eigenvalue weighted by atomic mass is 35.5. The van der Waals surface area contributed by atoms with Crippen LogP contribution >= 0.6 is 11.6 Å². The number of anilines is 1. The average molecular weight is 350 g/mol. The van der Waals surface area contributed by atoms with Gasteiger partial charge in [0.25, 0.3) is 5.91 Å². The molecule has 0 aliphatic carbocycles. The highest BCUT2D eigenvalue weighted by Gasteiger charge is 2.30. The van der Waals surface area contributed by atoms with E-state index in [4.69, 9.17) is 22.1 Å². The van der Waals surface area contributed by atoms with Gasteiger partial charge in [-0.05, 0) is 24.8 Å². The predicted octanol–water partition coefficient (Wildman–Crippen LogP) is 1.95. The number of rotatable bonds is 4. The number of aryl methyl sites for hydroxylation is 1. The van der Waals surface area contributed by atoms with Crippen molar-refractivity contribution in [3.63, 3.8) is 0 Å². The third kappa shape index (κ3) is 3.52. The van der Waals surface area contributed by atoms with Crippen LogP contribution in [0.4, 0.5) is 5.82 Å². The van der Waals surface area contributed by atoms with Crippen molar-refractivity contribution in [2.24, 2.45) is 13.0 Å². The van der Waals surface area contributed by atoms with Crippen LogP contribution in [0.1, 0.15) is 35.1 Å². The summed E-state index contributed by atoms with van der Waals surface area (Å²) in [5.41, 5.74) is 5.98. The highest BCUT2D eigenvalue weighted by molar-refractivity contribution is 6.33. The zero-order chi connectivity index (χ0) is 17.1. The molecule has 0 spiro atoms. The molecule has 1 aliphatic heterocycles. The molecule has 1 aliphatic rings. The molecule has 2 aromatic heterocycles. The van der Waals surface area contributed by atoms with Gasteiger partial charge in [0.05, 0.1) is 16.6 Å². The van der Waals surface area contributed by atoms with Crippen LogP contribution in [0.5, 0.6) is 0 Å². The van der Waals surface area contributed by atoms with Crippen LogP contribution in [-0.2, 0) is 11.8 Å². The van der Waals surface area contributed by atoms with E-state index in [1.54, 1.807) is 6.20 Å². The average Bonchev–Trinajstić information content (AvgIpc) is 3.01. The number of carbonyl (C=O) groups excluding carboxylic acids is 1. The number of halogens is 1. The maximum atomic E-state index is 12.6. The smallest absolute Gasteiger partial charge is 0.253 e. The highest BCUT2D eigenvalue weighted by Crippen LogP contribution is 2.29. The van der Waals surface area contributed by atoms with E-state index in [1.807, 2.05) is 17.8 Å². The van der Waals surface area contributed by atoms with E-state index >= 15 is 0 Å². The number of pyridine rings is 1. The number of nitrogen functional groups attached to an aromatic ring is 1. The summed E-state index contributed by atoms with van der Waals surface area (Å²) in [6.45, 7) is 1.38. The normalized spacial score (nSPS) is 16.8. The molecule has 8 heteroatoms. The first kappa shape index (κ1) is 16.7. The van der Waals surface area contributed by atoms with E-state index in [2.05, 4.69) is 15.3 Å². The second kappa shape index (κ2) is 7.19. The molecule has 1 amide bonds. The standard InChI is InChI=1S/C16H20ClN5O2/c1-22-5-4-19-15(22)13(10-2-6-24-7-3-10)21-16(23)11-8-12(17)14(18)20-9-11/h4-5,8-10,13H,2-3,6-7H2,1H3,(H2,18,20)(H,21,23). The number of carbonyl (C=O) groups is 1. The molecule has 0 saturated carbocycles. The summed E-state index contributed by atoms with van der Waals surface area (Å²) in [6.07, 6.45) is 6.78. The van der Waals surface area contributed by atoms with E-state index in [1.165, 1.54) is 12.3 Å². The van der Waals surface area contributed by atoms with Gasteiger partial charge in [0.1, 0.15) is 11.6 Å². The van der Waals surface area contributed by atoms with Gasteiger partial charge in [0.2, 0.25) is 0 Å². The molecule has 128 valence electrons. The SMILES string of the molecule is Cn1ccnc1C(NC(=O)c1cnc(N)c(Cl)c1)C1CCOCC1. The summed E-state index contributed by atoms with van der Waals surface area (Å²) in [6, 6.07) is 1.33. The lowest BCUT2D eigenvalue weighted by Crippen LogP contribution is -2.37. The van der Waals surface area contributed by atoms with Gasteiger partial charge in [-0.1, -0.05) is 11.6 Å². The first-order valence-corrected chi connectivity index (χ1v) is 8.21. The Labute approximate surface area is 145 Å². The van der Waals surface area contributed by atoms with Crippen molar-refractivity contribution in [1.29, 1.82) is 0 Å². The van der Waals surface area contributed by atoms with Crippen molar-refractivity contribution in [3.8, 4) is 0 Å². The summed E-state index contributed by atoms with van der Waals surface area (Å²) < 4.78 is 7.36. The van der Waals surface area contributed by atoms with Crippen molar-refractivity contribution in [1.82, 2.24) is 19.9 Å². The molecular weight excluding hydrogens is 330 g/mol. The van der Waals surface area contributed by atoms with E-state index in [0.717, 1.165) is 18.7 Å². The molecule has 24 heavy (non-hydrogen) atoms. The third-order valence-electron chi connectivity index (χ3n) is 4.29. The van der Waals surface area contributed by atoms with Gasteiger partial charge in [-0.2, -0.15) is 0 Å². The second-order valence-electron chi connectivity index (χ2n) is 5.89. The van der Waals surface area contributed by atoms with Crippen LogP contribution < -0.4 is 11.1 Å². The van der Waals surface area contributed by atoms with Crippen LogP contribution in [0.15, 0.2) is 24.7 Å². The van der Waals surface area contributed by atoms with Crippen molar-refractivity contribution in [3.05, 3.63) is 41.1 Å². The summed E-state index contributed by atoms with van der Waals surface area (Å²) >= 11 is 5.97. The second-order valence-corrected chi connectivity index (χ2v) is 6.30. The Bertz CT molecular complexity index is 727. The van der Waals surface area contributed by atoms with Crippen LogP contribution in [0.3, 0.4) is 0 Å². The van der Waals surface area contributed by atoms with Gasteiger partial charge < -0.3 is 20.4 Å². The minimum absolute atomic E-state index is 0.197. The molecule has 0 bridgehead atoms. The van der Waals surface area contributed by atoms with Gasteiger partial charge in [-0.3, -0.25) is 4.79 Å². The van der Waals surface area contributed by atoms with Crippen molar-refractivity contribution in [2.75, 3.05) is 18.9 Å². The number of aromatic nitrogens is 3.